The van der Waals surface area contributed by atoms with Crippen molar-refractivity contribution in [2.75, 3.05) is 0 Å². The molecule has 1 heterocycles. The van der Waals surface area contributed by atoms with Crippen molar-refractivity contribution in [3.8, 4) is 0 Å². The van der Waals surface area contributed by atoms with E-state index in [0.29, 0.717) is 29.6 Å². The third-order valence-corrected chi connectivity index (χ3v) is 5.54. The highest BCUT2D eigenvalue weighted by Crippen LogP contribution is 2.30. The van der Waals surface area contributed by atoms with Crippen LogP contribution in [0.1, 0.15) is 74.8 Å². The summed E-state index contributed by atoms with van der Waals surface area (Å²) in [6.45, 7) is 11.6. The minimum atomic E-state index is -0.198. The molecule has 148 valence electrons. The third-order valence-electron chi connectivity index (χ3n) is 5.14. The smallest absolute Gasteiger partial charge is 0.271 e. The van der Waals surface area contributed by atoms with Crippen LogP contribution in [0.4, 0.5) is 0 Å². The fourth-order valence-corrected chi connectivity index (χ4v) is 3.54. The van der Waals surface area contributed by atoms with Crippen LogP contribution in [-0.4, -0.2) is 15.7 Å². The van der Waals surface area contributed by atoms with E-state index in [1.807, 2.05) is 6.92 Å². The number of halogens is 1. The van der Waals surface area contributed by atoms with Crippen molar-refractivity contribution in [2.24, 2.45) is 13.0 Å². The SMILES string of the molecule is CCc1nn(C)c(C(=O)NCc2ccc(C(C)(C)CCC(C)C)cc2)c1Cl. The molecular formula is C22H32ClN3O. The number of hydrogen-bond acceptors (Lipinski definition) is 2. The fourth-order valence-electron chi connectivity index (χ4n) is 3.16. The molecule has 0 fully saturated rings. The first-order chi connectivity index (χ1) is 12.7. The Morgan fingerprint density at radius 3 is 2.41 bits per heavy atom. The molecule has 27 heavy (non-hydrogen) atoms. The number of aromatic nitrogens is 2. The highest BCUT2D eigenvalue weighted by molar-refractivity contribution is 6.34. The molecule has 0 saturated carbocycles. The molecule has 2 rings (SSSR count). The molecule has 0 aliphatic carbocycles. The van der Waals surface area contributed by atoms with Gasteiger partial charge in [0.05, 0.1) is 10.7 Å². The molecule has 0 aliphatic rings. The summed E-state index contributed by atoms with van der Waals surface area (Å²) in [5.74, 6) is 0.516. The topological polar surface area (TPSA) is 46.9 Å². The molecule has 1 amide bonds. The van der Waals surface area contributed by atoms with Crippen molar-refractivity contribution >= 4 is 17.5 Å². The van der Waals surface area contributed by atoms with E-state index in [1.54, 1.807) is 11.7 Å². The number of rotatable bonds is 8. The van der Waals surface area contributed by atoms with Crippen molar-refractivity contribution < 1.29 is 4.79 Å². The Kier molecular flexibility index (Phi) is 7.10. The minimum Gasteiger partial charge on any atom is -0.347 e. The van der Waals surface area contributed by atoms with Gasteiger partial charge in [0.2, 0.25) is 0 Å². The van der Waals surface area contributed by atoms with Gasteiger partial charge in [-0.25, -0.2) is 0 Å². The van der Waals surface area contributed by atoms with Crippen LogP contribution < -0.4 is 5.32 Å². The zero-order valence-corrected chi connectivity index (χ0v) is 18.2. The number of nitrogens with one attached hydrogen (secondary N) is 1. The molecule has 0 bridgehead atoms. The summed E-state index contributed by atoms with van der Waals surface area (Å²) in [6.07, 6.45) is 3.09. The second kappa shape index (κ2) is 8.92. The molecule has 0 atom stereocenters. The van der Waals surface area contributed by atoms with Crippen LogP contribution in [-0.2, 0) is 25.4 Å². The maximum atomic E-state index is 12.5. The predicted molar refractivity (Wildman–Crippen MR) is 112 cm³/mol. The first-order valence-corrected chi connectivity index (χ1v) is 10.1. The summed E-state index contributed by atoms with van der Waals surface area (Å²) in [4.78, 5) is 12.5. The van der Waals surface area contributed by atoms with Crippen LogP contribution in [0.25, 0.3) is 0 Å². The largest absolute Gasteiger partial charge is 0.347 e. The van der Waals surface area contributed by atoms with Crippen LogP contribution in [0.2, 0.25) is 5.02 Å². The number of amides is 1. The molecule has 0 aliphatic heterocycles. The van der Waals surface area contributed by atoms with Crippen molar-refractivity contribution in [1.82, 2.24) is 15.1 Å². The molecule has 0 unspecified atom stereocenters. The van der Waals surface area contributed by atoms with Crippen LogP contribution in [0.15, 0.2) is 24.3 Å². The molecule has 1 aromatic heterocycles. The van der Waals surface area contributed by atoms with Gasteiger partial charge in [-0.2, -0.15) is 5.10 Å². The summed E-state index contributed by atoms with van der Waals surface area (Å²) < 4.78 is 1.55. The van der Waals surface area contributed by atoms with Crippen LogP contribution in [0.3, 0.4) is 0 Å². The van der Waals surface area contributed by atoms with E-state index in [1.165, 1.54) is 18.4 Å². The monoisotopic (exact) mass is 389 g/mol. The van der Waals surface area contributed by atoms with Crippen LogP contribution in [0.5, 0.6) is 0 Å². The fraction of sp³-hybridized carbons (Fsp3) is 0.545. The number of carbonyl (C=O) groups excluding carboxylic acids is 1. The standard InChI is InChI=1S/C22H32ClN3O/c1-7-18-19(23)20(26(6)25-18)21(27)24-14-16-8-10-17(11-9-16)22(4,5)13-12-15(2)3/h8-11,15H,7,12-14H2,1-6H3,(H,24,27). The Morgan fingerprint density at radius 1 is 1.26 bits per heavy atom. The average Bonchev–Trinajstić information content (AvgIpc) is 2.92. The van der Waals surface area contributed by atoms with Gasteiger partial charge in [0.15, 0.2) is 0 Å². The Morgan fingerprint density at radius 2 is 1.89 bits per heavy atom. The molecule has 1 N–H and O–H groups in total. The quantitative estimate of drug-likeness (QED) is 0.667. The number of nitrogens with zero attached hydrogens (tertiary/aromatic N) is 2. The highest BCUT2D eigenvalue weighted by atomic mass is 35.5. The summed E-state index contributed by atoms with van der Waals surface area (Å²) in [6, 6.07) is 8.53. The lowest BCUT2D eigenvalue weighted by Gasteiger charge is -2.26. The molecule has 1 aromatic carbocycles. The van der Waals surface area contributed by atoms with E-state index >= 15 is 0 Å². The maximum absolute atomic E-state index is 12.5. The normalized spacial score (nSPS) is 11.9. The van der Waals surface area contributed by atoms with Crippen molar-refractivity contribution in [3.05, 3.63) is 51.8 Å². The molecule has 2 aromatic rings. The van der Waals surface area contributed by atoms with Gasteiger partial charge in [0.1, 0.15) is 5.69 Å². The Hall–Kier alpha value is -1.81. The van der Waals surface area contributed by atoms with Gasteiger partial charge in [-0.05, 0) is 35.3 Å². The van der Waals surface area contributed by atoms with Crippen LogP contribution in [0, 0.1) is 5.92 Å². The van der Waals surface area contributed by atoms with Gasteiger partial charge in [-0.15, -0.1) is 0 Å². The second-order valence-corrected chi connectivity index (χ2v) is 8.66. The number of hydrogen-bond donors (Lipinski definition) is 1. The van der Waals surface area contributed by atoms with Gasteiger partial charge in [-0.3, -0.25) is 9.48 Å². The van der Waals surface area contributed by atoms with Crippen LogP contribution >= 0.6 is 11.6 Å². The lowest BCUT2D eigenvalue weighted by molar-refractivity contribution is 0.0941. The maximum Gasteiger partial charge on any atom is 0.271 e. The Balaban J connectivity index is 2.01. The van der Waals surface area contributed by atoms with E-state index in [2.05, 4.69) is 62.4 Å². The molecular weight excluding hydrogens is 358 g/mol. The third kappa shape index (κ3) is 5.35. The van der Waals surface area contributed by atoms with E-state index in [9.17, 15) is 4.79 Å². The Labute approximate surface area is 168 Å². The Bertz CT molecular complexity index is 776. The van der Waals surface area contributed by atoms with Gasteiger partial charge in [0.25, 0.3) is 5.91 Å². The molecule has 0 saturated heterocycles. The lowest BCUT2D eigenvalue weighted by atomic mass is 9.79. The van der Waals surface area contributed by atoms with E-state index in [0.717, 1.165) is 11.3 Å². The summed E-state index contributed by atoms with van der Waals surface area (Å²) in [5, 5.41) is 7.69. The second-order valence-electron chi connectivity index (χ2n) is 8.28. The number of carbonyl (C=O) groups is 1. The van der Waals surface area contributed by atoms with Gasteiger partial charge in [0, 0.05) is 13.6 Å². The summed E-state index contributed by atoms with van der Waals surface area (Å²) >= 11 is 6.29. The average molecular weight is 390 g/mol. The van der Waals surface area contributed by atoms with Crippen molar-refractivity contribution in [1.29, 1.82) is 0 Å². The zero-order chi connectivity index (χ0) is 20.2. The molecule has 4 nitrogen and oxygen atoms in total. The van der Waals surface area contributed by atoms with E-state index < -0.39 is 0 Å². The number of aryl methyl sites for hydroxylation is 2. The predicted octanol–water partition coefficient (Wildman–Crippen LogP) is 5.28. The van der Waals surface area contributed by atoms with Gasteiger partial charge in [-0.1, -0.05) is 76.9 Å². The zero-order valence-electron chi connectivity index (χ0n) is 17.4. The first-order valence-electron chi connectivity index (χ1n) is 9.74. The molecule has 0 radical (unpaired) electrons. The molecule has 5 heteroatoms. The number of benzene rings is 1. The van der Waals surface area contributed by atoms with E-state index in [4.69, 9.17) is 11.6 Å². The highest BCUT2D eigenvalue weighted by Gasteiger charge is 2.21. The van der Waals surface area contributed by atoms with E-state index in [-0.39, 0.29) is 11.3 Å². The summed E-state index contributed by atoms with van der Waals surface area (Å²) in [7, 11) is 1.74. The van der Waals surface area contributed by atoms with Crippen molar-refractivity contribution in [3.63, 3.8) is 0 Å². The summed E-state index contributed by atoms with van der Waals surface area (Å²) in [5.41, 5.74) is 3.73. The lowest BCUT2D eigenvalue weighted by Crippen LogP contribution is -2.25. The van der Waals surface area contributed by atoms with Crippen molar-refractivity contribution in [2.45, 2.75) is 65.8 Å². The molecule has 0 spiro atoms. The minimum absolute atomic E-state index is 0.158. The van der Waals surface area contributed by atoms with Gasteiger partial charge < -0.3 is 5.32 Å². The van der Waals surface area contributed by atoms with Gasteiger partial charge >= 0.3 is 0 Å². The first kappa shape index (κ1) is 21.5.